The summed E-state index contributed by atoms with van der Waals surface area (Å²) in [6, 6.07) is 0. The summed E-state index contributed by atoms with van der Waals surface area (Å²) in [5, 5.41) is 32.8. The van der Waals surface area contributed by atoms with Crippen molar-refractivity contribution >= 4 is 5.97 Å². The van der Waals surface area contributed by atoms with Crippen molar-refractivity contribution in [3.63, 3.8) is 0 Å². The SMILES string of the molecule is C=C(CC[C@@H](C(=O)O)[C@H]1[C@H](O)C[C@@]2(C)C([C@@H]3CC[C@@]4(C)CCC(O)C(C)(C)[C@@H]4C3)C=CC[C@]12C)C(C)C. The van der Waals surface area contributed by atoms with Crippen molar-refractivity contribution in [2.24, 2.45) is 57.2 Å². The molecule has 4 rings (SSSR count). The zero-order valence-corrected chi connectivity index (χ0v) is 24.6. The Hall–Kier alpha value is -1.13. The molecule has 0 heterocycles. The summed E-state index contributed by atoms with van der Waals surface area (Å²) in [5.74, 6) is 0.0390. The first-order valence-electron chi connectivity index (χ1n) is 15.0. The number of hydrogen-bond donors (Lipinski definition) is 3. The molecule has 0 saturated heterocycles. The van der Waals surface area contributed by atoms with Crippen LogP contribution in [0.3, 0.4) is 0 Å². The first-order valence-corrected chi connectivity index (χ1v) is 15.0. The van der Waals surface area contributed by atoms with Gasteiger partial charge < -0.3 is 15.3 Å². The molecule has 0 radical (unpaired) electrons. The van der Waals surface area contributed by atoms with Crippen LogP contribution in [0.25, 0.3) is 0 Å². The van der Waals surface area contributed by atoms with Crippen molar-refractivity contribution in [3.05, 3.63) is 24.3 Å². The van der Waals surface area contributed by atoms with Crippen LogP contribution < -0.4 is 0 Å². The van der Waals surface area contributed by atoms with E-state index in [0.717, 1.165) is 31.3 Å². The number of fused-ring (bicyclic) bond motifs is 2. The average molecular weight is 515 g/mol. The number of carboxylic acids is 1. The average Bonchev–Trinajstić information content (AvgIpc) is 3.02. The second-order valence-electron chi connectivity index (χ2n) is 15.2. The molecule has 3 fully saturated rings. The summed E-state index contributed by atoms with van der Waals surface area (Å²) < 4.78 is 0. The van der Waals surface area contributed by atoms with Crippen LogP contribution in [0.2, 0.25) is 0 Å². The van der Waals surface area contributed by atoms with Crippen LogP contribution >= 0.6 is 0 Å². The lowest BCUT2D eigenvalue weighted by atomic mass is 9.45. The Balaban J connectivity index is 1.62. The fraction of sp³-hybridized carbons (Fsp3) is 0.848. The Labute approximate surface area is 226 Å². The Morgan fingerprint density at radius 3 is 2.32 bits per heavy atom. The summed E-state index contributed by atoms with van der Waals surface area (Å²) >= 11 is 0. The van der Waals surface area contributed by atoms with Crippen molar-refractivity contribution < 1.29 is 20.1 Å². The van der Waals surface area contributed by atoms with E-state index in [2.05, 4.69) is 67.2 Å². The van der Waals surface area contributed by atoms with E-state index in [9.17, 15) is 20.1 Å². The molecule has 0 bridgehead atoms. The molecule has 0 aliphatic heterocycles. The van der Waals surface area contributed by atoms with Gasteiger partial charge in [-0.2, -0.15) is 0 Å². The first-order chi connectivity index (χ1) is 17.1. The van der Waals surface area contributed by atoms with Gasteiger partial charge in [0.05, 0.1) is 18.1 Å². The van der Waals surface area contributed by atoms with E-state index < -0.39 is 18.0 Å². The zero-order chi connectivity index (χ0) is 27.6. The normalized spacial score (nSPS) is 45.8. The Morgan fingerprint density at radius 1 is 1.05 bits per heavy atom. The maximum absolute atomic E-state index is 12.6. The minimum atomic E-state index is -0.774. The molecule has 37 heavy (non-hydrogen) atoms. The predicted molar refractivity (Wildman–Crippen MR) is 150 cm³/mol. The number of allylic oxidation sites excluding steroid dienone is 3. The lowest BCUT2D eigenvalue weighted by Gasteiger charge is -2.60. The monoisotopic (exact) mass is 514 g/mol. The lowest BCUT2D eigenvalue weighted by Crippen LogP contribution is -2.55. The summed E-state index contributed by atoms with van der Waals surface area (Å²) in [7, 11) is 0. The fourth-order valence-corrected chi connectivity index (χ4v) is 9.93. The van der Waals surface area contributed by atoms with E-state index in [1.54, 1.807) is 0 Å². The van der Waals surface area contributed by atoms with Gasteiger partial charge in [-0.25, -0.2) is 0 Å². The van der Waals surface area contributed by atoms with Gasteiger partial charge in [0.25, 0.3) is 0 Å². The molecule has 0 aromatic heterocycles. The molecule has 4 nitrogen and oxygen atoms in total. The second kappa shape index (κ2) is 9.81. The van der Waals surface area contributed by atoms with Crippen molar-refractivity contribution in [1.82, 2.24) is 0 Å². The number of carbonyl (C=O) groups is 1. The fourth-order valence-electron chi connectivity index (χ4n) is 9.93. The second-order valence-corrected chi connectivity index (χ2v) is 15.2. The Morgan fingerprint density at radius 2 is 1.70 bits per heavy atom. The van der Waals surface area contributed by atoms with Gasteiger partial charge in [0.1, 0.15) is 0 Å². The van der Waals surface area contributed by atoms with Gasteiger partial charge in [-0.3, -0.25) is 4.79 Å². The van der Waals surface area contributed by atoms with Gasteiger partial charge in [0, 0.05) is 5.92 Å². The third-order valence-electron chi connectivity index (χ3n) is 12.8. The lowest BCUT2D eigenvalue weighted by molar-refractivity contribution is -0.150. The number of rotatable bonds is 7. The standard InChI is InChI=1S/C33H54O4/c1-20(2)21(3)11-12-23(29(36)37)28-25(34)19-33(8)24(10-9-15-32(28,33)7)22-13-16-31(6)17-14-27(35)30(4,5)26(31)18-22/h9-10,20,22-28,34-35H,3,11-19H2,1-2,4-8H3,(H,36,37)/t22-,23-,24?,25-,26+,27?,28+,31+,32-,33+/m1/s1. The quantitative estimate of drug-likeness (QED) is 0.313. The number of aliphatic hydroxyl groups is 2. The van der Waals surface area contributed by atoms with Crippen molar-refractivity contribution in [2.45, 2.75) is 118 Å². The van der Waals surface area contributed by atoms with Crippen LogP contribution in [0.15, 0.2) is 24.3 Å². The molecule has 210 valence electrons. The highest BCUT2D eigenvalue weighted by Crippen LogP contribution is 2.69. The molecular formula is C33H54O4. The molecule has 4 heteroatoms. The smallest absolute Gasteiger partial charge is 0.306 e. The number of carboxylic acid groups (broad SMARTS) is 1. The van der Waals surface area contributed by atoms with Crippen LogP contribution in [0.5, 0.6) is 0 Å². The van der Waals surface area contributed by atoms with Crippen LogP contribution in [0.1, 0.15) is 106 Å². The molecule has 10 atom stereocenters. The van der Waals surface area contributed by atoms with Gasteiger partial charge in [-0.05, 0) is 103 Å². The van der Waals surface area contributed by atoms with Crippen LogP contribution in [0.4, 0.5) is 0 Å². The van der Waals surface area contributed by atoms with E-state index in [1.807, 2.05) is 0 Å². The van der Waals surface area contributed by atoms with Gasteiger partial charge in [-0.1, -0.05) is 72.8 Å². The maximum Gasteiger partial charge on any atom is 0.306 e. The van der Waals surface area contributed by atoms with E-state index in [-0.39, 0.29) is 33.7 Å². The van der Waals surface area contributed by atoms with E-state index >= 15 is 0 Å². The molecule has 2 unspecified atom stereocenters. The number of aliphatic carboxylic acids is 1. The molecule has 3 N–H and O–H groups in total. The molecule has 4 aliphatic rings. The third-order valence-corrected chi connectivity index (χ3v) is 12.8. The van der Waals surface area contributed by atoms with E-state index in [1.165, 1.54) is 12.8 Å². The molecule has 0 spiro atoms. The summed E-state index contributed by atoms with van der Waals surface area (Å²) in [6.07, 6.45) is 12.1. The molecule has 0 aromatic carbocycles. The maximum atomic E-state index is 12.6. The molecule has 4 aliphatic carbocycles. The van der Waals surface area contributed by atoms with Crippen LogP contribution in [-0.2, 0) is 4.79 Å². The minimum absolute atomic E-state index is 0.0980. The number of aliphatic hydroxyl groups excluding tert-OH is 2. The summed E-state index contributed by atoms with van der Waals surface area (Å²) in [5.41, 5.74) is 0.864. The van der Waals surface area contributed by atoms with Gasteiger partial charge in [0.15, 0.2) is 0 Å². The van der Waals surface area contributed by atoms with Crippen molar-refractivity contribution in [3.8, 4) is 0 Å². The number of hydrogen-bond acceptors (Lipinski definition) is 3. The Kier molecular flexibility index (Phi) is 7.65. The van der Waals surface area contributed by atoms with Crippen molar-refractivity contribution in [2.75, 3.05) is 0 Å². The minimum Gasteiger partial charge on any atom is -0.481 e. The molecule has 0 aromatic rings. The molecule has 3 saturated carbocycles. The van der Waals surface area contributed by atoms with Gasteiger partial charge in [0.2, 0.25) is 0 Å². The van der Waals surface area contributed by atoms with Crippen LogP contribution in [0, 0.1) is 57.2 Å². The van der Waals surface area contributed by atoms with Crippen LogP contribution in [-0.4, -0.2) is 33.5 Å². The Bertz CT molecular complexity index is 915. The first kappa shape index (κ1) is 28.9. The molecule has 0 amide bonds. The van der Waals surface area contributed by atoms with Crippen molar-refractivity contribution in [1.29, 1.82) is 0 Å². The highest BCUT2D eigenvalue weighted by Gasteiger charge is 2.65. The topological polar surface area (TPSA) is 77.8 Å². The highest BCUT2D eigenvalue weighted by molar-refractivity contribution is 5.71. The largest absolute Gasteiger partial charge is 0.481 e. The molecular weight excluding hydrogens is 460 g/mol. The highest BCUT2D eigenvalue weighted by atomic mass is 16.4. The van der Waals surface area contributed by atoms with E-state index in [4.69, 9.17) is 0 Å². The van der Waals surface area contributed by atoms with Gasteiger partial charge >= 0.3 is 5.97 Å². The summed E-state index contributed by atoms with van der Waals surface area (Å²) in [4.78, 5) is 12.6. The zero-order valence-electron chi connectivity index (χ0n) is 24.6. The van der Waals surface area contributed by atoms with E-state index in [0.29, 0.717) is 42.9 Å². The third kappa shape index (κ3) is 4.56. The summed E-state index contributed by atoms with van der Waals surface area (Å²) in [6.45, 7) is 20.0. The predicted octanol–water partition coefficient (Wildman–Crippen LogP) is 7.25. The van der Waals surface area contributed by atoms with Gasteiger partial charge in [-0.15, -0.1) is 0 Å².